The lowest BCUT2D eigenvalue weighted by molar-refractivity contribution is -0.166. The van der Waals surface area contributed by atoms with Gasteiger partial charge in [0, 0.05) is 3.57 Å². The average Bonchev–Trinajstić information content (AvgIpc) is 3.23. The molecule has 1 saturated carbocycles. The molecule has 0 spiro atoms. The first-order valence-corrected chi connectivity index (χ1v) is 11.0. The van der Waals surface area contributed by atoms with Crippen LogP contribution >= 0.6 is 45.2 Å². The summed E-state index contributed by atoms with van der Waals surface area (Å²) in [7, 11) is 0. The van der Waals surface area contributed by atoms with Gasteiger partial charge in [0.05, 0.1) is 28.4 Å². The van der Waals surface area contributed by atoms with E-state index in [9.17, 15) is 32.7 Å². The molecule has 4 unspecified atom stereocenters. The van der Waals surface area contributed by atoms with Gasteiger partial charge in [-0.3, -0.25) is 9.59 Å². The molecular formula is C19H15F3I2O6. The molecule has 0 aliphatic heterocycles. The zero-order valence-corrected chi connectivity index (χ0v) is 19.4. The van der Waals surface area contributed by atoms with Crippen molar-refractivity contribution in [1.29, 1.82) is 0 Å². The van der Waals surface area contributed by atoms with Gasteiger partial charge in [-0.15, -0.1) is 0 Å². The number of fused-ring (bicyclic) bond motifs is 2. The fraction of sp³-hybridized carbons (Fsp3) is 0.421. The Balaban J connectivity index is 1.79. The lowest BCUT2D eigenvalue weighted by atomic mass is 9.83. The molecule has 1 N–H and O–H groups in total. The van der Waals surface area contributed by atoms with Crippen LogP contribution in [0.3, 0.4) is 0 Å². The number of hydrogen-bond donors (Lipinski definition) is 1. The fourth-order valence-corrected chi connectivity index (χ4v) is 5.77. The van der Waals surface area contributed by atoms with Crippen molar-refractivity contribution in [3.05, 3.63) is 37.0 Å². The molecular weight excluding hydrogens is 635 g/mol. The number of hydrogen-bond acceptors (Lipinski definition) is 5. The molecule has 0 radical (unpaired) electrons. The molecule has 0 amide bonds. The number of aromatic carboxylic acids is 1. The van der Waals surface area contributed by atoms with E-state index in [1.165, 1.54) is 6.07 Å². The number of rotatable bonds is 6. The van der Waals surface area contributed by atoms with Crippen LogP contribution in [0.1, 0.15) is 23.2 Å². The maximum atomic E-state index is 12.9. The maximum absolute atomic E-state index is 12.9. The van der Waals surface area contributed by atoms with E-state index in [2.05, 4.69) is 0 Å². The summed E-state index contributed by atoms with van der Waals surface area (Å²) in [6.45, 7) is -0.820. The van der Waals surface area contributed by atoms with E-state index in [-0.39, 0.29) is 23.1 Å². The van der Waals surface area contributed by atoms with Crippen LogP contribution in [0.25, 0.3) is 0 Å². The van der Waals surface area contributed by atoms with Crippen molar-refractivity contribution in [2.24, 2.45) is 23.7 Å². The number of halogens is 5. The highest BCUT2D eigenvalue weighted by Gasteiger charge is 2.53. The number of carboxylic acid groups (broad SMARTS) is 1. The molecule has 30 heavy (non-hydrogen) atoms. The average molecular weight is 650 g/mol. The number of allylic oxidation sites excluding steroid dienone is 2. The second kappa shape index (κ2) is 9.01. The molecule has 2 aliphatic carbocycles. The number of ether oxygens (including phenoxy) is 2. The molecule has 2 aliphatic rings. The van der Waals surface area contributed by atoms with Gasteiger partial charge in [-0.1, -0.05) is 12.2 Å². The first kappa shape index (κ1) is 23.3. The Morgan fingerprint density at radius 1 is 1.07 bits per heavy atom. The lowest BCUT2D eigenvalue weighted by Gasteiger charge is -2.25. The number of carbonyl (C=O) groups excluding carboxylic acids is 2. The van der Waals surface area contributed by atoms with Gasteiger partial charge >= 0.3 is 24.1 Å². The topological polar surface area (TPSA) is 89.9 Å². The normalized spacial score (nSPS) is 24.7. The first-order chi connectivity index (χ1) is 14.0. The van der Waals surface area contributed by atoms with Gasteiger partial charge in [-0.2, -0.15) is 13.2 Å². The highest BCUT2D eigenvalue weighted by molar-refractivity contribution is 14.1. The van der Waals surface area contributed by atoms with Crippen LogP contribution < -0.4 is 4.74 Å². The smallest absolute Gasteiger partial charge is 0.392 e. The second-order valence-electron chi connectivity index (χ2n) is 7.02. The number of alkyl halides is 3. The third-order valence-corrected chi connectivity index (χ3v) is 6.50. The van der Waals surface area contributed by atoms with Crippen molar-refractivity contribution < 1.29 is 42.1 Å². The van der Waals surface area contributed by atoms with Crippen LogP contribution in [0.2, 0.25) is 0 Å². The molecule has 2 bridgehead atoms. The summed E-state index contributed by atoms with van der Waals surface area (Å²) in [6.07, 6.45) is -1.72. The summed E-state index contributed by atoms with van der Waals surface area (Å²) in [4.78, 5) is 36.9. The molecule has 4 atom stereocenters. The van der Waals surface area contributed by atoms with Crippen molar-refractivity contribution in [3.8, 4) is 5.75 Å². The van der Waals surface area contributed by atoms with Gasteiger partial charge in [0.2, 0.25) is 0 Å². The minimum Gasteiger partial charge on any atom is -0.478 e. The molecule has 162 valence electrons. The second-order valence-corrected chi connectivity index (χ2v) is 9.43. The van der Waals surface area contributed by atoms with E-state index in [0.29, 0.717) is 13.6 Å². The molecule has 0 heterocycles. The summed E-state index contributed by atoms with van der Waals surface area (Å²) in [5, 5.41) is 9.43. The monoisotopic (exact) mass is 650 g/mol. The highest BCUT2D eigenvalue weighted by Crippen LogP contribution is 2.49. The van der Waals surface area contributed by atoms with Gasteiger partial charge in [0.1, 0.15) is 5.56 Å². The molecule has 0 aromatic heterocycles. The standard InChI is InChI=1S/C19H15F3I2O6/c20-19(21,22)3-4-29-17(27)13-8-1-2-9(5-8)14(13)18(28)30-15-11(16(25)26)6-10(23)7-12(15)24/h1-2,6-9,13-14H,3-5H2,(H,25,26). The van der Waals surface area contributed by atoms with Crippen molar-refractivity contribution in [2.45, 2.75) is 19.0 Å². The van der Waals surface area contributed by atoms with Gasteiger partial charge in [-0.05, 0) is 75.6 Å². The van der Waals surface area contributed by atoms with Gasteiger partial charge in [-0.25, -0.2) is 4.79 Å². The van der Waals surface area contributed by atoms with Gasteiger partial charge in [0.15, 0.2) is 5.75 Å². The van der Waals surface area contributed by atoms with Crippen molar-refractivity contribution in [3.63, 3.8) is 0 Å². The van der Waals surface area contributed by atoms with E-state index >= 15 is 0 Å². The van der Waals surface area contributed by atoms with E-state index in [0.717, 1.165) is 0 Å². The van der Waals surface area contributed by atoms with Crippen molar-refractivity contribution in [2.75, 3.05) is 6.61 Å². The number of esters is 2. The molecule has 11 heteroatoms. The summed E-state index contributed by atoms with van der Waals surface area (Å²) in [5.74, 6) is -5.64. The molecule has 1 aromatic carbocycles. The zero-order chi connectivity index (χ0) is 22.2. The SMILES string of the molecule is O=C(O)c1cc(I)cc(I)c1OC(=O)C1C2C=CC(C2)C1C(=O)OCCC(F)(F)F. The Bertz CT molecular complexity index is 914. The number of carboxylic acids is 1. The van der Waals surface area contributed by atoms with Crippen LogP contribution in [0, 0.1) is 30.8 Å². The molecule has 0 saturated heterocycles. The predicted molar refractivity (Wildman–Crippen MR) is 114 cm³/mol. The summed E-state index contributed by atoms with van der Waals surface area (Å²) < 4.78 is 48.2. The van der Waals surface area contributed by atoms with Crippen LogP contribution in [0.15, 0.2) is 24.3 Å². The maximum Gasteiger partial charge on any atom is 0.392 e. The molecule has 1 aromatic rings. The Morgan fingerprint density at radius 3 is 2.23 bits per heavy atom. The minimum absolute atomic E-state index is 0.121. The van der Waals surface area contributed by atoms with Gasteiger partial charge < -0.3 is 14.6 Å². The quantitative estimate of drug-likeness (QED) is 0.212. The fourth-order valence-electron chi connectivity index (χ4n) is 3.82. The van der Waals surface area contributed by atoms with Gasteiger partial charge in [0.25, 0.3) is 0 Å². The minimum atomic E-state index is -4.46. The lowest BCUT2D eigenvalue weighted by Crippen LogP contribution is -2.37. The zero-order valence-electron chi connectivity index (χ0n) is 15.1. The predicted octanol–water partition coefficient (Wildman–Crippen LogP) is 4.43. The third-order valence-electron chi connectivity index (χ3n) is 5.07. The largest absolute Gasteiger partial charge is 0.478 e. The molecule has 3 rings (SSSR count). The van der Waals surface area contributed by atoms with E-state index in [1.807, 2.05) is 45.2 Å². The molecule has 6 nitrogen and oxygen atoms in total. The third kappa shape index (κ3) is 5.08. The van der Waals surface area contributed by atoms with E-state index in [1.54, 1.807) is 18.2 Å². The highest BCUT2D eigenvalue weighted by atomic mass is 127. The molecule has 1 fully saturated rings. The van der Waals surface area contributed by atoms with Crippen LogP contribution in [0.5, 0.6) is 5.75 Å². The Hall–Kier alpha value is -1.38. The Labute approximate surface area is 196 Å². The summed E-state index contributed by atoms with van der Waals surface area (Å²) in [6, 6.07) is 3.00. The Morgan fingerprint density at radius 2 is 1.67 bits per heavy atom. The van der Waals surface area contributed by atoms with E-state index in [4.69, 9.17) is 9.47 Å². The summed E-state index contributed by atoms with van der Waals surface area (Å²) >= 11 is 3.79. The first-order valence-electron chi connectivity index (χ1n) is 8.83. The number of carbonyl (C=O) groups is 3. The van der Waals surface area contributed by atoms with Crippen LogP contribution in [-0.4, -0.2) is 35.8 Å². The van der Waals surface area contributed by atoms with Crippen LogP contribution in [0.4, 0.5) is 13.2 Å². The van der Waals surface area contributed by atoms with Crippen molar-refractivity contribution in [1.82, 2.24) is 0 Å². The van der Waals surface area contributed by atoms with E-state index < -0.39 is 48.9 Å². The van der Waals surface area contributed by atoms with Crippen LogP contribution in [-0.2, 0) is 14.3 Å². The Kier molecular flexibility index (Phi) is 6.99. The van der Waals surface area contributed by atoms with Crippen molar-refractivity contribution >= 4 is 63.1 Å². The number of benzene rings is 1. The summed E-state index contributed by atoms with van der Waals surface area (Å²) in [5.41, 5.74) is -0.192.